The molecule has 3 rings (SSSR count). The molecule has 0 fully saturated rings. The number of aromatic nitrogens is 2. The van der Waals surface area contributed by atoms with Crippen molar-refractivity contribution in [2.24, 2.45) is 0 Å². The number of thiazole rings is 1. The Morgan fingerprint density at radius 1 is 1.23 bits per heavy atom. The number of amides is 1. The van der Waals surface area contributed by atoms with Gasteiger partial charge in [-0.1, -0.05) is 12.1 Å². The fraction of sp³-hybridized carbons (Fsp3) is 0.227. The number of methoxy groups -OCH3 is 1. The lowest BCUT2D eigenvalue weighted by molar-refractivity contribution is -0.142. The zero-order valence-corrected chi connectivity index (χ0v) is 18.1. The molecule has 2 heterocycles. The van der Waals surface area contributed by atoms with Crippen molar-refractivity contribution in [1.29, 1.82) is 5.26 Å². The third-order valence-electron chi connectivity index (χ3n) is 4.35. The summed E-state index contributed by atoms with van der Waals surface area (Å²) in [6.07, 6.45) is 0.0378. The number of aryl methyl sites for hydroxylation is 1. The maximum Gasteiger partial charge on any atom is 0.311 e. The number of hydrogen-bond acceptors (Lipinski definition) is 8. The van der Waals surface area contributed by atoms with Crippen LogP contribution in [-0.4, -0.2) is 35.6 Å². The molecule has 0 saturated heterocycles. The largest absolute Gasteiger partial charge is 0.497 e. The minimum absolute atomic E-state index is 0.0378. The molecule has 1 aromatic carbocycles. The number of esters is 1. The molecule has 0 aliphatic heterocycles. The standard InChI is InChI=1S/C22H20N4O4S/c1-4-30-20(27)9-15-12-31-22(25-15)26-21(28)19-10-17(18(11-23)13(2)24-19)14-5-7-16(29-3)8-6-14/h5-8,10,12H,4,9H2,1-3H3,(H,25,26,28). The zero-order valence-electron chi connectivity index (χ0n) is 17.3. The number of carbonyl (C=O) groups excluding carboxylic acids is 2. The van der Waals surface area contributed by atoms with Gasteiger partial charge in [0, 0.05) is 10.9 Å². The second-order valence-corrected chi connectivity index (χ2v) is 7.29. The summed E-state index contributed by atoms with van der Waals surface area (Å²) < 4.78 is 10.1. The van der Waals surface area contributed by atoms with Crippen LogP contribution in [0.15, 0.2) is 35.7 Å². The van der Waals surface area contributed by atoms with Gasteiger partial charge in [-0.3, -0.25) is 14.9 Å². The Morgan fingerprint density at radius 3 is 2.61 bits per heavy atom. The SMILES string of the molecule is CCOC(=O)Cc1csc(NC(=O)c2cc(-c3ccc(OC)cc3)c(C#N)c(C)n2)n1. The fourth-order valence-corrected chi connectivity index (χ4v) is 3.60. The van der Waals surface area contributed by atoms with Crippen LogP contribution < -0.4 is 10.1 Å². The highest BCUT2D eigenvalue weighted by Crippen LogP contribution is 2.28. The first-order valence-electron chi connectivity index (χ1n) is 9.42. The summed E-state index contributed by atoms with van der Waals surface area (Å²) in [5.41, 5.74) is 2.88. The van der Waals surface area contributed by atoms with E-state index in [1.54, 1.807) is 44.5 Å². The average Bonchev–Trinajstić information content (AvgIpc) is 3.19. The van der Waals surface area contributed by atoms with Crippen LogP contribution in [0.4, 0.5) is 5.13 Å². The minimum Gasteiger partial charge on any atom is -0.497 e. The summed E-state index contributed by atoms with van der Waals surface area (Å²) in [6, 6.07) is 10.9. The van der Waals surface area contributed by atoms with Crippen LogP contribution in [0.5, 0.6) is 5.75 Å². The lowest BCUT2D eigenvalue weighted by Crippen LogP contribution is -2.15. The van der Waals surface area contributed by atoms with Crippen LogP contribution in [0.1, 0.15) is 34.4 Å². The predicted octanol–water partition coefficient (Wildman–Crippen LogP) is 3.75. The van der Waals surface area contributed by atoms with Gasteiger partial charge in [-0.05, 0) is 37.6 Å². The van der Waals surface area contributed by atoms with Gasteiger partial charge < -0.3 is 9.47 Å². The van der Waals surface area contributed by atoms with Crippen molar-refractivity contribution in [3.05, 3.63) is 58.4 Å². The van der Waals surface area contributed by atoms with Crippen molar-refractivity contribution in [3.63, 3.8) is 0 Å². The Morgan fingerprint density at radius 2 is 1.97 bits per heavy atom. The van der Waals surface area contributed by atoms with Gasteiger partial charge in [0.2, 0.25) is 0 Å². The molecule has 3 aromatic rings. The number of pyridine rings is 1. The highest BCUT2D eigenvalue weighted by atomic mass is 32.1. The van der Waals surface area contributed by atoms with E-state index in [9.17, 15) is 14.9 Å². The Labute approximate surface area is 183 Å². The molecule has 0 aliphatic carbocycles. The van der Waals surface area contributed by atoms with Crippen LogP contribution in [0.25, 0.3) is 11.1 Å². The van der Waals surface area contributed by atoms with Gasteiger partial charge in [0.1, 0.15) is 17.5 Å². The molecule has 8 nitrogen and oxygen atoms in total. The van der Waals surface area contributed by atoms with Crippen LogP contribution >= 0.6 is 11.3 Å². The van der Waals surface area contributed by atoms with Crippen LogP contribution in [0.3, 0.4) is 0 Å². The van der Waals surface area contributed by atoms with Crippen LogP contribution in [-0.2, 0) is 16.0 Å². The summed E-state index contributed by atoms with van der Waals surface area (Å²) in [5, 5.41) is 14.3. The van der Waals surface area contributed by atoms with Crippen molar-refractivity contribution >= 4 is 28.3 Å². The lowest BCUT2D eigenvalue weighted by Gasteiger charge is -2.10. The number of nitrogens with zero attached hydrogens (tertiary/aromatic N) is 3. The van der Waals surface area contributed by atoms with E-state index in [1.807, 2.05) is 12.1 Å². The highest BCUT2D eigenvalue weighted by Gasteiger charge is 2.17. The van der Waals surface area contributed by atoms with E-state index >= 15 is 0 Å². The molecule has 31 heavy (non-hydrogen) atoms. The van der Waals surface area contributed by atoms with Gasteiger partial charge in [-0.15, -0.1) is 11.3 Å². The molecule has 2 aromatic heterocycles. The van der Waals surface area contributed by atoms with Crippen molar-refractivity contribution in [1.82, 2.24) is 9.97 Å². The van der Waals surface area contributed by atoms with Gasteiger partial charge >= 0.3 is 5.97 Å². The Balaban J connectivity index is 1.85. The monoisotopic (exact) mass is 436 g/mol. The van der Waals surface area contributed by atoms with Crippen LogP contribution in [0, 0.1) is 18.3 Å². The quantitative estimate of drug-likeness (QED) is 0.561. The second kappa shape index (κ2) is 9.82. The number of carbonyl (C=O) groups is 2. The van der Waals surface area contributed by atoms with E-state index in [4.69, 9.17) is 9.47 Å². The number of rotatable bonds is 7. The van der Waals surface area contributed by atoms with Crippen molar-refractivity contribution in [2.45, 2.75) is 20.3 Å². The number of nitriles is 1. The average molecular weight is 436 g/mol. The first-order valence-corrected chi connectivity index (χ1v) is 10.3. The second-order valence-electron chi connectivity index (χ2n) is 6.44. The Hall–Kier alpha value is -3.77. The Bertz CT molecular complexity index is 1150. The van der Waals surface area contributed by atoms with E-state index < -0.39 is 5.91 Å². The first-order chi connectivity index (χ1) is 14.9. The summed E-state index contributed by atoms with van der Waals surface area (Å²) in [5.74, 6) is -0.146. The molecule has 158 valence electrons. The maximum absolute atomic E-state index is 12.8. The normalized spacial score (nSPS) is 10.3. The molecule has 9 heteroatoms. The van der Waals surface area contributed by atoms with Crippen molar-refractivity contribution < 1.29 is 19.1 Å². The smallest absolute Gasteiger partial charge is 0.311 e. The molecule has 0 aliphatic rings. The summed E-state index contributed by atoms with van der Waals surface area (Å²) >= 11 is 1.20. The number of nitrogens with one attached hydrogen (secondary N) is 1. The molecular formula is C22H20N4O4S. The number of anilines is 1. The van der Waals surface area contributed by atoms with Crippen molar-refractivity contribution in [3.8, 4) is 22.9 Å². The van der Waals surface area contributed by atoms with Gasteiger partial charge in [0.05, 0.1) is 37.1 Å². The van der Waals surface area contributed by atoms with Crippen LogP contribution in [0.2, 0.25) is 0 Å². The van der Waals surface area contributed by atoms with E-state index in [0.29, 0.717) is 40.0 Å². The molecule has 0 spiro atoms. The fourth-order valence-electron chi connectivity index (χ4n) is 2.89. The van der Waals surface area contributed by atoms with Gasteiger partial charge in [0.15, 0.2) is 5.13 Å². The molecular weight excluding hydrogens is 416 g/mol. The molecule has 0 saturated carbocycles. The Kier molecular flexibility index (Phi) is 6.95. The zero-order chi connectivity index (χ0) is 22.4. The molecule has 1 N–H and O–H groups in total. The van der Waals surface area contributed by atoms with E-state index in [2.05, 4.69) is 21.4 Å². The molecule has 0 radical (unpaired) electrons. The summed E-state index contributed by atoms with van der Waals surface area (Å²) in [6.45, 7) is 3.72. The van der Waals surface area contributed by atoms with Gasteiger partial charge in [-0.25, -0.2) is 9.97 Å². The van der Waals surface area contributed by atoms with E-state index in [0.717, 1.165) is 5.56 Å². The first kappa shape index (κ1) is 21.9. The number of benzene rings is 1. The van der Waals surface area contributed by atoms with Gasteiger partial charge in [-0.2, -0.15) is 5.26 Å². The number of ether oxygens (including phenoxy) is 2. The number of hydrogen-bond donors (Lipinski definition) is 1. The third kappa shape index (κ3) is 5.24. The molecule has 0 bridgehead atoms. The molecule has 0 unspecified atom stereocenters. The predicted molar refractivity (Wildman–Crippen MR) is 116 cm³/mol. The van der Waals surface area contributed by atoms with E-state index in [-0.39, 0.29) is 18.1 Å². The summed E-state index contributed by atoms with van der Waals surface area (Å²) in [4.78, 5) is 32.9. The van der Waals surface area contributed by atoms with E-state index in [1.165, 1.54) is 11.3 Å². The van der Waals surface area contributed by atoms with Gasteiger partial charge in [0.25, 0.3) is 5.91 Å². The maximum atomic E-state index is 12.8. The molecule has 1 amide bonds. The highest BCUT2D eigenvalue weighted by molar-refractivity contribution is 7.14. The minimum atomic E-state index is -0.459. The molecule has 0 atom stereocenters. The topological polar surface area (TPSA) is 114 Å². The van der Waals surface area contributed by atoms with Crippen molar-refractivity contribution in [2.75, 3.05) is 19.0 Å². The third-order valence-corrected chi connectivity index (χ3v) is 5.16. The summed E-state index contributed by atoms with van der Waals surface area (Å²) in [7, 11) is 1.57. The lowest BCUT2D eigenvalue weighted by atomic mass is 9.98.